The van der Waals surface area contributed by atoms with Gasteiger partial charge < -0.3 is 14.5 Å². The van der Waals surface area contributed by atoms with Crippen LogP contribution in [0.15, 0.2) is 11.4 Å². The normalized spacial score (nSPS) is 25.3. The molecule has 0 saturated carbocycles. The molecule has 1 spiro atoms. The molecule has 2 aromatic heterocycles. The second kappa shape index (κ2) is 4.30. The SMILES string of the molecule is Cc1nc(N2CC[C@]3(CN(C)C(=O)O3)C2)c2sccc2n1. The predicted octanol–water partition coefficient (Wildman–Crippen LogP) is 2.03. The molecular formula is C14H16N4O2S. The molecule has 0 N–H and O–H groups in total. The number of aryl methyl sites for hydroxylation is 1. The summed E-state index contributed by atoms with van der Waals surface area (Å²) in [4.78, 5) is 24.6. The van der Waals surface area contributed by atoms with E-state index in [4.69, 9.17) is 4.74 Å². The molecule has 7 heteroatoms. The third-order valence-corrected chi connectivity index (χ3v) is 5.05. The van der Waals surface area contributed by atoms with E-state index in [9.17, 15) is 4.79 Å². The summed E-state index contributed by atoms with van der Waals surface area (Å²) in [5.74, 6) is 1.74. The van der Waals surface area contributed by atoms with Crippen molar-refractivity contribution in [1.82, 2.24) is 14.9 Å². The Bertz CT molecular complexity index is 731. The van der Waals surface area contributed by atoms with E-state index in [0.29, 0.717) is 13.1 Å². The van der Waals surface area contributed by atoms with Crippen LogP contribution >= 0.6 is 11.3 Å². The number of thiophene rings is 1. The van der Waals surface area contributed by atoms with Crippen molar-refractivity contribution in [3.63, 3.8) is 0 Å². The number of likely N-dealkylation sites (N-methyl/N-ethyl adjacent to an activating group) is 1. The minimum Gasteiger partial charge on any atom is -0.439 e. The largest absolute Gasteiger partial charge is 0.439 e. The average Bonchev–Trinajstić information content (AvgIpc) is 3.10. The number of carbonyl (C=O) groups is 1. The van der Waals surface area contributed by atoms with Gasteiger partial charge in [-0.3, -0.25) is 0 Å². The van der Waals surface area contributed by atoms with Crippen molar-refractivity contribution < 1.29 is 9.53 Å². The first kappa shape index (κ1) is 12.8. The van der Waals surface area contributed by atoms with Crippen LogP contribution in [0.5, 0.6) is 0 Å². The Morgan fingerprint density at radius 2 is 2.24 bits per heavy atom. The highest BCUT2D eigenvalue weighted by Crippen LogP contribution is 2.37. The van der Waals surface area contributed by atoms with Crippen LogP contribution in [-0.2, 0) is 4.74 Å². The molecule has 0 bridgehead atoms. The maximum atomic E-state index is 11.7. The van der Waals surface area contributed by atoms with Crippen molar-refractivity contribution in [3.8, 4) is 0 Å². The molecule has 0 unspecified atom stereocenters. The summed E-state index contributed by atoms with van der Waals surface area (Å²) in [6.45, 7) is 4.12. The van der Waals surface area contributed by atoms with Crippen LogP contribution in [0.3, 0.4) is 0 Å². The number of hydrogen-bond donors (Lipinski definition) is 0. The lowest BCUT2D eigenvalue weighted by Crippen LogP contribution is -2.37. The zero-order valence-electron chi connectivity index (χ0n) is 12.0. The van der Waals surface area contributed by atoms with E-state index in [1.54, 1.807) is 23.3 Å². The molecule has 0 radical (unpaired) electrons. The van der Waals surface area contributed by atoms with Gasteiger partial charge in [0.25, 0.3) is 0 Å². The van der Waals surface area contributed by atoms with E-state index in [1.807, 2.05) is 18.4 Å². The number of carbonyl (C=O) groups excluding carboxylic acids is 1. The van der Waals surface area contributed by atoms with Gasteiger partial charge in [0.15, 0.2) is 5.60 Å². The van der Waals surface area contributed by atoms with E-state index in [-0.39, 0.29) is 11.7 Å². The molecule has 2 aliphatic rings. The zero-order chi connectivity index (χ0) is 14.6. The quantitative estimate of drug-likeness (QED) is 0.807. The fourth-order valence-corrected chi connectivity index (χ4v) is 4.05. The second-order valence-electron chi connectivity index (χ2n) is 5.81. The number of ether oxygens (including phenoxy) is 1. The smallest absolute Gasteiger partial charge is 0.410 e. The second-order valence-corrected chi connectivity index (χ2v) is 6.72. The molecule has 4 rings (SSSR count). The molecule has 1 amide bonds. The van der Waals surface area contributed by atoms with Crippen LogP contribution in [0, 0.1) is 6.92 Å². The van der Waals surface area contributed by atoms with Crippen LogP contribution in [0.25, 0.3) is 10.2 Å². The Labute approximate surface area is 126 Å². The van der Waals surface area contributed by atoms with Gasteiger partial charge in [-0.15, -0.1) is 11.3 Å². The van der Waals surface area contributed by atoms with Crippen LogP contribution < -0.4 is 4.90 Å². The molecule has 1 atom stereocenters. The van der Waals surface area contributed by atoms with Crippen molar-refractivity contribution in [1.29, 1.82) is 0 Å². The van der Waals surface area contributed by atoms with Gasteiger partial charge in [-0.05, 0) is 18.4 Å². The summed E-state index contributed by atoms with van der Waals surface area (Å²) in [7, 11) is 1.78. The van der Waals surface area contributed by atoms with Gasteiger partial charge in [-0.25, -0.2) is 14.8 Å². The van der Waals surface area contributed by atoms with Crippen molar-refractivity contribution in [2.24, 2.45) is 0 Å². The average molecular weight is 304 g/mol. The molecule has 110 valence electrons. The number of aromatic nitrogens is 2. The van der Waals surface area contributed by atoms with E-state index in [1.165, 1.54) is 0 Å². The number of rotatable bonds is 1. The number of amides is 1. The summed E-state index contributed by atoms with van der Waals surface area (Å²) < 4.78 is 6.71. The highest BCUT2D eigenvalue weighted by Gasteiger charge is 2.49. The molecular weight excluding hydrogens is 288 g/mol. The first-order valence-electron chi connectivity index (χ1n) is 6.97. The van der Waals surface area contributed by atoms with Gasteiger partial charge in [0, 0.05) is 20.0 Å². The molecule has 2 saturated heterocycles. The van der Waals surface area contributed by atoms with Gasteiger partial charge in [-0.2, -0.15) is 0 Å². The lowest BCUT2D eigenvalue weighted by Gasteiger charge is -2.22. The molecule has 2 aliphatic heterocycles. The minimum absolute atomic E-state index is 0.225. The highest BCUT2D eigenvalue weighted by atomic mass is 32.1. The van der Waals surface area contributed by atoms with Gasteiger partial charge in [0.2, 0.25) is 0 Å². The third kappa shape index (κ3) is 1.95. The first-order valence-corrected chi connectivity index (χ1v) is 7.85. The first-order chi connectivity index (χ1) is 10.1. The number of anilines is 1. The summed E-state index contributed by atoms with van der Waals surface area (Å²) in [6, 6.07) is 2.02. The molecule has 2 fully saturated rings. The van der Waals surface area contributed by atoms with E-state index in [0.717, 1.165) is 34.8 Å². The van der Waals surface area contributed by atoms with Crippen LogP contribution in [0.4, 0.5) is 10.6 Å². The molecule has 0 aromatic carbocycles. The fourth-order valence-electron chi connectivity index (χ4n) is 3.21. The van der Waals surface area contributed by atoms with Crippen LogP contribution in [0.1, 0.15) is 12.2 Å². The van der Waals surface area contributed by atoms with Gasteiger partial charge in [-0.1, -0.05) is 0 Å². The van der Waals surface area contributed by atoms with Crippen molar-refractivity contribution >= 4 is 33.5 Å². The van der Waals surface area contributed by atoms with Gasteiger partial charge >= 0.3 is 6.09 Å². The van der Waals surface area contributed by atoms with E-state index >= 15 is 0 Å². The Kier molecular flexibility index (Phi) is 2.63. The van der Waals surface area contributed by atoms with Crippen LogP contribution in [-0.4, -0.2) is 53.2 Å². The van der Waals surface area contributed by atoms with Crippen molar-refractivity contribution in [2.75, 3.05) is 31.6 Å². The standard InChI is InChI=1S/C14H16N4O2S/c1-9-15-10-3-6-21-11(10)12(16-9)18-5-4-14(8-18)7-17(2)13(19)20-14/h3,6H,4-5,7-8H2,1-2H3/t14-/m0/s1. The molecule has 21 heavy (non-hydrogen) atoms. The maximum Gasteiger partial charge on any atom is 0.410 e. The van der Waals surface area contributed by atoms with Gasteiger partial charge in [0.1, 0.15) is 11.6 Å². The zero-order valence-corrected chi connectivity index (χ0v) is 12.8. The lowest BCUT2D eigenvalue weighted by molar-refractivity contribution is 0.0742. The molecule has 2 aromatic rings. The summed E-state index contributed by atoms with van der Waals surface area (Å²) >= 11 is 1.66. The minimum atomic E-state index is -0.381. The van der Waals surface area contributed by atoms with Crippen molar-refractivity contribution in [2.45, 2.75) is 18.9 Å². The van der Waals surface area contributed by atoms with E-state index in [2.05, 4.69) is 14.9 Å². The van der Waals surface area contributed by atoms with Crippen molar-refractivity contribution in [3.05, 3.63) is 17.3 Å². The Morgan fingerprint density at radius 1 is 1.38 bits per heavy atom. The maximum absolute atomic E-state index is 11.7. The Balaban J connectivity index is 1.69. The lowest BCUT2D eigenvalue weighted by atomic mass is 10.0. The monoisotopic (exact) mass is 304 g/mol. The molecule has 6 nitrogen and oxygen atoms in total. The fraction of sp³-hybridized carbons (Fsp3) is 0.500. The van der Waals surface area contributed by atoms with Gasteiger partial charge in [0.05, 0.1) is 23.3 Å². The molecule has 4 heterocycles. The summed E-state index contributed by atoms with van der Waals surface area (Å²) in [5, 5.41) is 2.04. The third-order valence-electron chi connectivity index (χ3n) is 4.15. The topological polar surface area (TPSA) is 58.6 Å². The highest BCUT2D eigenvalue weighted by molar-refractivity contribution is 7.17. The number of fused-ring (bicyclic) bond motifs is 1. The summed E-state index contributed by atoms with van der Waals surface area (Å²) in [5.41, 5.74) is 0.609. The summed E-state index contributed by atoms with van der Waals surface area (Å²) in [6.07, 6.45) is 0.621. The van der Waals surface area contributed by atoms with Crippen LogP contribution in [0.2, 0.25) is 0 Å². The number of hydrogen-bond acceptors (Lipinski definition) is 6. The number of nitrogens with zero attached hydrogens (tertiary/aromatic N) is 4. The Morgan fingerprint density at radius 3 is 3.00 bits per heavy atom. The Hall–Kier alpha value is -1.89. The molecule has 0 aliphatic carbocycles. The predicted molar refractivity (Wildman–Crippen MR) is 80.8 cm³/mol. The van der Waals surface area contributed by atoms with E-state index < -0.39 is 0 Å².